The van der Waals surface area contributed by atoms with E-state index < -0.39 is 24.2 Å². The maximum atomic E-state index is 13.5. The molecule has 0 aliphatic heterocycles. The lowest BCUT2D eigenvalue weighted by Crippen LogP contribution is -2.47. The summed E-state index contributed by atoms with van der Waals surface area (Å²) in [4.78, 5) is 36.0. The summed E-state index contributed by atoms with van der Waals surface area (Å²) in [6.45, 7) is -0.469. The van der Waals surface area contributed by atoms with Crippen LogP contribution in [-0.2, 0) is 14.3 Å². The topological polar surface area (TPSA) is 84.5 Å². The molecule has 28 heavy (non-hydrogen) atoms. The number of nitrogens with one attached hydrogen (secondary N) is 2. The fraction of sp³-hybridized carbons (Fsp3) is 0.571. The van der Waals surface area contributed by atoms with E-state index >= 15 is 0 Å². The zero-order chi connectivity index (χ0) is 19.7. The number of hydrogen-bond acceptors (Lipinski definition) is 4. The van der Waals surface area contributed by atoms with E-state index in [1.165, 1.54) is 37.5 Å². The number of amides is 2. The molecule has 0 atom stereocenters. The van der Waals surface area contributed by atoms with Crippen molar-refractivity contribution < 1.29 is 23.5 Å². The lowest BCUT2D eigenvalue weighted by atomic mass is 9.49. The molecule has 150 valence electrons. The molecule has 6 nitrogen and oxygen atoms in total. The standard InChI is InChI=1S/C21H25FN2O4/c22-17-4-2-1-3-16(17)20(27)24-23-18(25)12-28-19(26)11-21-8-13-5-14(9-21)7-15(6-13)10-21/h1-4,13-15H,5-12H2,(H,23,25)(H,24,27). The van der Waals surface area contributed by atoms with Gasteiger partial charge in [0.25, 0.3) is 11.8 Å². The average Bonchev–Trinajstić information content (AvgIpc) is 2.63. The minimum absolute atomic E-state index is 0.0569. The molecule has 2 N–H and O–H groups in total. The number of carbonyl (C=O) groups is 3. The SMILES string of the molecule is O=C(COC(=O)CC12CC3CC(CC(C3)C1)C2)NNC(=O)c1ccccc1F. The van der Waals surface area contributed by atoms with Gasteiger partial charge in [0.2, 0.25) is 0 Å². The average molecular weight is 388 g/mol. The second-order valence-corrected chi connectivity index (χ2v) is 8.74. The van der Waals surface area contributed by atoms with Crippen molar-refractivity contribution in [1.82, 2.24) is 10.9 Å². The van der Waals surface area contributed by atoms with Crippen molar-refractivity contribution in [3.63, 3.8) is 0 Å². The van der Waals surface area contributed by atoms with E-state index in [4.69, 9.17) is 4.74 Å². The third-order valence-corrected chi connectivity index (χ3v) is 6.48. The number of ether oxygens (including phenoxy) is 1. The van der Waals surface area contributed by atoms with E-state index in [0.29, 0.717) is 6.42 Å². The molecule has 0 spiro atoms. The largest absolute Gasteiger partial charge is 0.455 e. The van der Waals surface area contributed by atoms with E-state index in [2.05, 4.69) is 10.9 Å². The van der Waals surface area contributed by atoms with Gasteiger partial charge in [0, 0.05) is 0 Å². The van der Waals surface area contributed by atoms with E-state index in [-0.39, 0.29) is 16.9 Å². The van der Waals surface area contributed by atoms with Crippen LogP contribution in [-0.4, -0.2) is 24.4 Å². The summed E-state index contributed by atoms with van der Waals surface area (Å²) in [5.74, 6) is -0.244. The number of esters is 1. The van der Waals surface area contributed by atoms with Crippen LogP contribution in [0.15, 0.2) is 24.3 Å². The van der Waals surface area contributed by atoms with Crippen LogP contribution in [0.5, 0.6) is 0 Å². The lowest BCUT2D eigenvalue weighted by Gasteiger charge is -2.56. The molecule has 0 unspecified atom stereocenters. The Morgan fingerprint density at radius 3 is 2.21 bits per heavy atom. The zero-order valence-corrected chi connectivity index (χ0v) is 15.7. The monoisotopic (exact) mass is 388 g/mol. The number of benzene rings is 1. The van der Waals surface area contributed by atoms with Crippen LogP contribution in [0.25, 0.3) is 0 Å². The zero-order valence-electron chi connectivity index (χ0n) is 15.7. The first-order valence-corrected chi connectivity index (χ1v) is 9.92. The molecule has 1 aromatic rings. The molecule has 0 heterocycles. The van der Waals surface area contributed by atoms with Gasteiger partial charge in [-0.2, -0.15) is 0 Å². The van der Waals surface area contributed by atoms with Gasteiger partial charge in [0.15, 0.2) is 6.61 Å². The molecule has 4 aliphatic carbocycles. The summed E-state index contributed by atoms with van der Waals surface area (Å²) in [5.41, 5.74) is 4.14. The molecule has 1 aromatic carbocycles. The van der Waals surface area contributed by atoms with Crippen LogP contribution < -0.4 is 10.9 Å². The second-order valence-electron chi connectivity index (χ2n) is 8.74. The third-order valence-electron chi connectivity index (χ3n) is 6.48. The lowest BCUT2D eigenvalue weighted by molar-refractivity contribution is -0.155. The molecule has 0 radical (unpaired) electrons. The maximum absolute atomic E-state index is 13.5. The summed E-state index contributed by atoms with van der Waals surface area (Å²) in [6.07, 6.45) is 7.57. The van der Waals surface area contributed by atoms with E-state index in [1.807, 2.05) is 0 Å². The highest BCUT2D eigenvalue weighted by molar-refractivity contribution is 5.95. The van der Waals surface area contributed by atoms with Crippen LogP contribution in [0.1, 0.15) is 55.3 Å². The van der Waals surface area contributed by atoms with Crippen LogP contribution in [0, 0.1) is 29.0 Å². The third kappa shape index (κ3) is 4.03. The van der Waals surface area contributed by atoms with Crippen LogP contribution in [0.2, 0.25) is 0 Å². The van der Waals surface area contributed by atoms with Crippen molar-refractivity contribution in [2.24, 2.45) is 23.2 Å². The molecule has 0 aromatic heterocycles. The number of hydrogen-bond donors (Lipinski definition) is 2. The Hall–Kier alpha value is -2.44. The van der Waals surface area contributed by atoms with Crippen molar-refractivity contribution in [3.8, 4) is 0 Å². The highest BCUT2D eigenvalue weighted by Crippen LogP contribution is 2.61. The highest BCUT2D eigenvalue weighted by atomic mass is 19.1. The quantitative estimate of drug-likeness (QED) is 0.600. The van der Waals surface area contributed by atoms with E-state index in [9.17, 15) is 18.8 Å². The van der Waals surface area contributed by atoms with Gasteiger partial charge >= 0.3 is 5.97 Å². The van der Waals surface area contributed by atoms with Gasteiger partial charge in [-0.25, -0.2) is 4.39 Å². The van der Waals surface area contributed by atoms with Gasteiger partial charge < -0.3 is 4.74 Å². The van der Waals surface area contributed by atoms with Gasteiger partial charge in [-0.3, -0.25) is 25.2 Å². The first-order valence-electron chi connectivity index (χ1n) is 9.92. The van der Waals surface area contributed by atoms with Gasteiger partial charge in [-0.05, 0) is 73.8 Å². The van der Waals surface area contributed by atoms with E-state index in [0.717, 1.165) is 43.1 Å². The maximum Gasteiger partial charge on any atom is 0.306 e. The Morgan fingerprint density at radius 1 is 1.00 bits per heavy atom. The Bertz CT molecular complexity index is 759. The van der Waals surface area contributed by atoms with E-state index in [1.54, 1.807) is 0 Å². The summed E-state index contributed by atoms with van der Waals surface area (Å²) in [6, 6.07) is 5.45. The first-order chi connectivity index (χ1) is 13.4. The number of hydrazine groups is 1. The minimum atomic E-state index is -0.772. The fourth-order valence-corrected chi connectivity index (χ4v) is 5.89. The molecular formula is C21H25FN2O4. The van der Waals surface area contributed by atoms with Crippen molar-refractivity contribution >= 4 is 17.8 Å². The second kappa shape index (κ2) is 7.53. The molecule has 4 saturated carbocycles. The predicted molar refractivity (Wildman–Crippen MR) is 98.2 cm³/mol. The van der Waals surface area contributed by atoms with Gasteiger partial charge in [0.05, 0.1) is 12.0 Å². The van der Waals surface area contributed by atoms with Gasteiger partial charge in [-0.15, -0.1) is 0 Å². The summed E-state index contributed by atoms with van der Waals surface area (Å²) in [7, 11) is 0. The molecule has 0 saturated heterocycles. The molecule has 4 aliphatic rings. The summed E-state index contributed by atoms with van der Waals surface area (Å²) in [5, 5.41) is 0. The molecule has 4 bridgehead atoms. The summed E-state index contributed by atoms with van der Waals surface area (Å²) < 4.78 is 18.7. The molecular weight excluding hydrogens is 363 g/mol. The van der Waals surface area contributed by atoms with Crippen molar-refractivity contribution in [2.45, 2.75) is 44.9 Å². The Morgan fingerprint density at radius 2 is 1.61 bits per heavy atom. The molecule has 5 rings (SSSR count). The fourth-order valence-electron chi connectivity index (χ4n) is 5.89. The predicted octanol–water partition coefficient (Wildman–Crippen LogP) is 2.74. The Balaban J connectivity index is 1.21. The van der Waals surface area contributed by atoms with Crippen molar-refractivity contribution in [2.75, 3.05) is 6.61 Å². The Kier molecular flexibility index (Phi) is 5.08. The highest BCUT2D eigenvalue weighted by Gasteiger charge is 2.51. The summed E-state index contributed by atoms with van der Waals surface area (Å²) >= 11 is 0. The Labute approximate surface area is 163 Å². The number of carbonyl (C=O) groups excluding carboxylic acids is 3. The molecule has 4 fully saturated rings. The first kappa shape index (κ1) is 18.9. The normalized spacial score (nSPS) is 30.0. The van der Waals surface area contributed by atoms with Crippen molar-refractivity contribution in [1.29, 1.82) is 0 Å². The number of rotatable bonds is 5. The van der Waals surface area contributed by atoms with Crippen LogP contribution in [0.3, 0.4) is 0 Å². The van der Waals surface area contributed by atoms with Crippen molar-refractivity contribution in [3.05, 3.63) is 35.6 Å². The number of halogens is 1. The van der Waals surface area contributed by atoms with Crippen LogP contribution >= 0.6 is 0 Å². The van der Waals surface area contributed by atoms with Gasteiger partial charge in [0.1, 0.15) is 5.82 Å². The van der Waals surface area contributed by atoms with Gasteiger partial charge in [-0.1, -0.05) is 12.1 Å². The minimum Gasteiger partial charge on any atom is -0.455 e. The smallest absolute Gasteiger partial charge is 0.306 e. The molecule has 7 heteroatoms. The molecule has 2 amide bonds. The van der Waals surface area contributed by atoms with Crippen LogP contribution in [0.4, 0.5) is 4.39 Å².